The summed E-state index contributed by atoms with van der Waals surface area (Å²) < 4.78 is 0. The van der Waals surface area contributed by atoms with Gasteiger partial charge in [-0.1, -0.05) is 0 Å². The van der Waals surface area contributed by atoms with Crippen LogP contribution in [0.4, 0.5) is 5.82 Å². The van der Waals surface area contributed by atoms with Gasteiger partial charge in [-0.25, -0.2) is 9.97 Å². The largest absolute Gasteiger partial charge is 0.357 e. The normalized spacial score (nSPS) is 18.6. The summed E-state index contributed by atoms with van der Waals surface area (Å²) in [4.78, 5) is 23.2. The van der Waals surface area contributed by atoms with Crippen LogP contribution in [-0.4, -0.2) is 29.0 Å². The Morgan fingerprint density at radius 2 is 2.05 bits per heavy atom. The van der Waals surface area contributed by atoms with Gasteiger partial charge in [-0.2, -0.15) is 0 Å². The highest BCUT2D eigenvalue weighted by Crippen LogP contribution is 2.32. The van der Waals surface area contributed by atoms with E-state index in [9.17, 15) is 4.79 Å². The highest BCUT2D eigenvalue weighted by molar-refractivity contribution is 5.76. The summed E-state index contributed by atoms with van der Waals surface area (Å²) >= 11 is 0. The summed E-state index contributed by atoms with van der Waals surface area (Å²) in [6.45, 7) is 4.58. The van der Waals surface area contributed by atoms with Gasteiger partial charge in [-0.15, -0.1) is 0 Å². The zero-order valence-corrected chi connectivity index (χ0v) is 12.8. The van der Waals surface area contributed by atoms with E-state index in [1.807, 2.05) is 13.0 Å². The van der Waals surface area contributed by atoms with Crippen molar-refractivity contribution < 1.29 is 4.79 Å². The van der Waals surface area contributed by atoms with Crippen molar-refractivity contribution in [1.29, 1.82) is 0 Å². The lowest BCUT2D eigenvalue weighted by atomic mass is 10.1. The number of rotatable bonds is 5. The molecule has 3 rings (SSSR count). The van der Waals surface area contributed by atoms with E-state index in [4.69, 9.17) is 0 Å². The van der Waals surface area contributed by atoms with Gasteiger partial charge in [0.1, 0.15) is 11.6 Å². The first-order valence-electron chi connectivity index (χ1n) is 8.07. The van der Waals surface area contributed by atoms with Gasteiger partial charge in [0.2, 0.25) is 5.91 Å². The number of piperidine rings is 1. The van der Waals surface area contributed by atoms with E-state index in [2.05, 4.69) is 20.2 Å². The van der Waals surface area contributed by atoms with Crippen LogP contribution in [0.2, 0.25) is 0 Å². The molecule has 2 aliphatic rings. The van der Waals surface area contributed by atoms with Gasteiger partial charge in [0, 0.05) is 31.3 Å². The molecule has 2 fully saturated rings. The van der Waals surface area contributed by atoms with Crippen LogP contribution in [0.3, 0.4) is 0 Å². The van der Waals surface area contributed by atoms with Crippen LogP contribution in [0.1, 0.15) is 50.0 Å². The van der Waals surface area contributed by atoms with Crippen LogP contribution in [-0.2, 0) is 11.3 Å². The topological polar surface area (TPSA) is 58.1 Å². The Hall–Kier alpha value is -1.65. The molecule has 1 amide bonds. The number of carbonyl (C=O) groups excluding carboxylic acids is 1. The lowest BCUT2D eigenvalue weighted by molar-refractivity contribution is -0.121. The van der Waals surface area contributed by atoms with Gasteiger partial charge in [0.15, 0.2) is 0 Å². The molecule has 1 aromatic rings. The van der Waals surface area contributed by atoms with Crippen molar-refractivity contribution in [1.82, 2.24) is 15.3 Å². The van der Waals surface area contributed by atoms with E-state index in [0.29, 0.717) is 18.9 Å². The van der Waals surface area contributed by atoms with Crippen molar-refractivity contribution in [3.63, 3.8) is 0 Å². The molecule has 0 atom stereocenters. The fraction of sp³-hybridized carbons (Fsp3) is 0.688. The summed E-state index contributed by atoms with van der Waals surface area (Å²) in [5.41, 5.74) is 0.969. The zero-order valence-electron chi connectivity index (χ0n) is 12.8. The number of aromatic nitrogens is 2. The van der Waals surface area contributed by atoms with Crippen LogP contribution in [0.5, 0.6) is 0 Å². The van der Waals surface area contributed by atoms with Gasteiger partial charge in [-0.3, -0.25) is 4.79 Å². The molecule has 21 heavy (non-hydrogen) atoms. The van der Waals surface area contributed by atoms with E-state index in [1.165, 1.54) is 32.1 Å². The quantitative estimate of drug-likeness (QED) is 0.902. The molecule has 1 saturated heterocycles. The second-order valence-electron chi connectivity index (χ2n) is 6.26. The molecule has 5 nitrogen and oxygen atoms in total. The Morgan fingerprint density at radius 3 is 2.76 bits per heavy atom. The van der Waals surface area contributed by atoms with Gasteiger partial charge in [0.25, 0.3) is 0 Å². The predicted octanol–water partition coefficient (Wildman–Crippen LogP) is 2.19. The highest BCUT2D eigenvalue weighted by Gasteiger charge is 2.24. The molecule has 5 heteroatoms. The third-order valence-electron chi connectivity index (χ3n) is 4.18. The molecule has 114 valence electrons. The number of amides is 1. The minimum Gasteiger partial charge on any atom is -0.357 e. The third kappa shape index (κ3) is 4.16. The predicted molar refractivity (Wildman–Crippen MR) is 82.0 cm³/mol. The summed E-state index contributed by atoms with van der Waals surface area (Å²) in [7, 11) is 0. The van der Waals surface area contributed by atoms with E-state index >= 15 is 0 Å². The molecule has 1 aliphatic carbocycles. The molecule has 0 spiro atoms. The number of carbonyl (C=O) groups is 1. The first-order chi connectivity index (χ1) is 10.2. The van der Waals surface area contributed by atoms with Crippen molar-refractivity contribution >= 4 is 11.7 Å². The first kappa shape index (κ1) is 14.3. The summed E-state index contributed by atoms with van der Waals surface area (Å²) in [6.07, 6.45) is 6.84. The van der Waals surface area contributed by atoms with Crippen LogP contribution < -0.4 is 10.2 Å². The van der Waals surface area contributed by atoms with E-state index in [0.717, 1.165) is 30.4 Å². The number of nitrogens with zero attached hydrogens (tertiary/aromatic N) is 3. The van der Waals surface area contributed by atoms with Crippen molar-refractivity contribution in [2.75, 3.05) is 18.0 Å². The number of nitrogens with one attached hydrogen (secondary N) is 1. The first-order valence-corrected chi connectivity index (χ1v) is 8.07. The van der Waals surface area contributed by atoms with Crippen LogP contribution in [0.15, 0.2) is 6.07 Å². The Bertz CT molecular complexity index is 507. The van der Waals surface area contributed by atoms with Crippen molar-refractivity contribution in [3.05, 3.63) is 17.6 Å². The molecular formula is C16H24N4O. The fourth-order valence-electron chi connectivity index (χ4n) is 2.81. The smallest absolute Gasteiger partial charge is 0.220 e. The summed E-state index contributed by atoms with van der Waals surface area (Å²) in [5, 5.41) is 2.95. The van der Waals surface area contributed by atoms with E-state index < -0.39 is 0 Å². The monoisotopic (exact) mass is 288 g/mol. The van der Waals surface area contributed by atoms with Crippen molar-refractivity contribution in [2.24, 2.45) is 5.92 Å². The molecule has 1 aliphatic heterocycles. The third-order valence-corrected chi connectivity index (χ3v) is 4.18. The Balaban J connectivity index is 1.61. The Morgan fingerprint density at radius 1 is 1.29 bits per heavy atom. The maximum Gasteiger partial charge on any atom is 0.220 e. The fourth-order valence-corrected chi connectivity index (χ4v) is 2.81. The minimum absolute atomic E-state index is 0.127. The summed E-state index contributed by atoms with van der Waals surface area (Å²) in [5.74, 6) is 2.47. The average Bonchev–Trinajstić information content (AvgIpc) is 3.29. The molecule has 0 unspecified atom stereocenters. The molecule has 1 aromatic heterocycles. The second-order valence-corrected chi connectivity index (χ2v) is 6.26. The van der Waals surface area contributed by atoms with E-state index in [1.54, 1.807) is 0 Å². The molecule has 0 aromatic carbocycles. The lowest BCUT2D eigenvalue weighted by Gasteiger charge is -2.28. The van der Waals surface area contributed by atoms with Crippen molar-refractivity contribution in [2.45, 2.75) is 52.0 Å². The molecular weight excluding hydrogens is 264 g/mol. The van der Waals surface area contributed by atoms with Gasteiger partial charge < -0.3 is 10.2 Å². The molecule has 0 radical (unpaired) electrons. The van der Waals surface area contributed by atoms with Crippen LogP contribution in [0.25, 0.3) is 0 Å². The highest BCUT2D eigenvalue weighted by atomic mass is 16.1. The lowest BCUT2D eigenvalue weighted by Crippen LogP contribution is -2.31. The standard InChI is InChI=1S/C16H24N4O/c1-12-9-15(20-7-3-2-4-8-20)19-14(18-12)11-17-16(21)10-13-5-6-13/h9,13H,2-8,10-11H2,1H3,(H,17,21). The number of hydrogen-bond acceptors (Lipinski definition) is 4. The molecule has 1 N–H and O–H groups in total. The van der Waals surface area contributed by atoms with Gasteiger partial charge in [-0.05, 0) is 44.9 Å². The number of aryl methyl sites for hydroxylation is 1. The Kier molecular flexibility index (Phi) is 4.36. The maximum absolute atomic E-state index is 11.8. The molecule has 2 heterocycles. The number of hydrogen-bond donors (Lipinski definition) is 1. The SMILES string of the molecule is Cc1cc(N2CCCCC2)nc(CNC(=O)CC2CC2)n1. The minimum atomic E-state index is 0.127. The average molecular weight is 288 g/mol. The van der Waals surface area contributed by atoms with Gasteiger partial charge in [0.05, 0.1) is 6.54 Å². The number of anilines is 1. The molecule has 1 saturated carbocycles. The van der Waals surface area contributed by atoms with E-state index in [-0.39, 0.29) is 5.91 Å². The second kappa shape index (κ2) is 6.41. The summed E-state index contributed by atoms with van der Waals surface area (Å²) in [6, 6.07) is 2.04. The van der Waals surface area contributed by atoms with Crippen LogP contribution in [0, 0.1) is 12.8 Å². The molecule has 0 bridgehead atoms. The Labute approximate surface area is 126 Å². The van der Waals surface area contributed by atoms with Crippen LogP contribution >= 0.6 is 0 Å². The van der Waals surface area contributed by atoms with Crippen molar-refractivity contribution in [3.8, 4) is 0 Å². The zero-order chi connectivity index (χ0) is 14.7. The maximum atomic E-state index is 11.8. The van der Waals surface area contributed by atoms with Gasteiger partial charge >= 0.3 is 0 Å².